The van der Waals surface area contributed by atoms with E-state index in [-0.39, 0.29) is 52.6 Å². The van der Waals surface area contributed by atoms with Crippen molar-refractivity contribution in [2.24, 2.45) is 0 Å². The Morgan fingerprint density at radius 1 is 0.424 bits per heavy atom. The number of nitrogens with one attached hydrogen (secondary N) is 1. The molecule has 346 valence electrons. The zero-order valence-electron chi connectivity index (χ0n) is 41.9. The van der Waals surface area contributed by atoms with Gasteiger partial charge >= 0.3 is 52.6 Å². The molecule has 0 radical (unpaired) electrons. The molecule has 0 spiro atoms. The Morgan fingerprint density at radius 3 is 0.970 bits per heavy atom. The van der Waals surface area contributed by atoms with Crippen molar-refractivity contribution in [2.45, 2.75) is 118 Å². The minimum absolute atomic E-state index is 0. The van der Waals surface area contributed by atoms with Crippen LogP contribution in [0.3, 0.4) is 0 Å². The maximum atomic E-state index is 6.00. The second kappa shape index (κ2) is 34.2. The molecular formula is C56H77MgN4NaO3Si. The predicted molar refractivity (Wildman–Crippen MR) is 279 cm³/mol. The van der Waals surface area contributed by atoms with Gasteiger partial charge in [0, 0.05) is 45.3 Å². The van der Waals surface area contributed by atoms with Crippen LogP contribution < -0.4 is 54.9 Å². The summed E-state index contributed by atoms with van der Waals surface area (Å²) in [4.78, 5) is 17.7. The van der Waals surface area contributed by atoms with Crippen molar-refractivity contribution < 1.29 is 43.8 Å². The number of ether oxygens (including phenoxy) is 3. The molecule has 0 aliphatic carbocycles. The third-order valence-corrected chi connectivity index (χ3v) is 14.6. The van der Waals surface area contributed by atoms with Crippen LogP contribution in [0.5, 0.6) is 0 Å². The molecule has 3 aliphatic heterocycles. The molecule has 4 aromatic carbocycles. The normalized spacial score (nSPS) is 13.8. The van der Waals surface area contributed by atoms with E-state index in [2.05, 4.69) is 167 Å². The van der Waals surface area contributed by atoms with E-state index in [9.17, 15) is 0 Å². The van der Waals surface area contributed by atoms with Crippen molar-refractivity contribution >= 4 is 53.2 Å². The molecule has 6 aromatic rings. The Hall–Kier alpha value is -3.10. The first-order valence-electron chi connectivity index (χ1n) is 23.8. The van der Waals surface area contributed by atoms with Crippen LogP contribution in [0.4, 0.5) is 11.4 Å². The third-order valence-electron chi connectivity index (χ3n) is 11.1. The maximum absolute atomic E-state index is 6.00. The molecule has 0 saturated carbocycles. The molecule has 0 unspecified atom stereocenters. The molecule has 3 saturated heterocycles. The van der Waals surface area contributed by atoms with Crippen molar-refractivity contribution in [3.05, 3.63) is 173 Å². The van der Waals surface area contributed by atoms with Crippen molar-refractivity contribution in [1.82, 2.24) is 9.97 Å². The first kappa shape index (κ1) is 59.0. The first-order chi connectivity index (χ1) is 31.2. The van der Waals surface area contributed by atoms with E-state index >= 15 is 0 Å². The van der Waals surface area contributed by atoms with Crippen LogP contribution >= 0.6 is 0 Å². The molecule has 7 nitrogen and oxygen atoms in total. The summed E-state index contributed by atoms with van der Waals surface area (Å²) in [6.45, 7) is 24.3. The van der Waals surface area contributed by atoms with Crippen LogP contribution in [0.2, 0.25) is 0 Å². The Labute approximate surface area is 439 Å². The Kier molecular flexibility index (Phi) is 30.6. The molecule has 3 aliphatic rings. The number of para-hydroxylation sites is 1. The second-order valence-corrected chi connectivity index (χ2v) is 20.6. The molecule has 9 rings (SSSR count). The molecule has 66 heavy (non-hydrogen) atoms. The Bertz CT molecular complexity index is 1770. The van der Waals surface area contributed by atoms with E-state index in [0.29, 0.717) is 23.7 Å². The van der Waals surface area contributed by atoms with Gasteiger partial charge in [0.2, 0.25) is 0 Å². The number of anilines is 1. The summed E-state index contributed by atoms with van der Waals surface area (Å²) >= 11 is 0. The second-order valence-electron chi connectivity index (χ2n) is 17.5. The van der Waals surface area contributed by atoms with Gasteiger partial charge in [-0.05, 0) is 83.7 Å². The van der Waals surface area contributed by atoms with Gasteiger partial charge in [-0.25, -0.2) is 0 Å². The topological polar surface area (TPSA) is 82.0 Å². The first-order valence-corrected chi connectivity index (χ1v) is 25.7. The number of benzene rings is 4. The van der Waals surface area contributed by atoms with Crippen LogP contribution in [0.25, 0.3) is 4.98 Å². The van der Waals surface area contributed by atoms with E-state index in [1.165, 1.54) is 76.8 Å². The Balaban J connectivity index is 0.000000439. The van der Waals surface area contributed by atoms with Crippen molar-refractivity contribution in [3.63, 3.8) is 0 Å². The zero-order valence-corrected chi connectivity index (χ0v) is 46.3. The monoisotopic (exact) mass is 929 g/mol. The van der Waals surface area contributed by atoms with Crippen LogP contribution in [-0.2, 0) is 14.2 Å². The van der Waals surface area contributed by atoms with Crippen molar-refractivity contribution in [2.75, 3.05) is 44.6 Å². The van der Waals surface area contributed by atoms with Gasteiger partial charge in [-0.3, -0.25) is 0 Å². The van der Waals surface area contributed by atoms with Crippen LogP contribution in [0.15, 0.2) is 146 Å². The summed E-state index contributed by atoms with van der Waals surface area (Å²) in [5, 5.41) is 2.52. The van der Waals surface area contributed by atoms with E-state index in [0.717, 1.165) is 45.3 Å². The average Bonchev–Trinajstić information content (AvgIpc) is 4.17. The number of aromatic nitrogens is 2. The fourth-order valence-electron chi connectivity index (χ4n) is 7.54. The molecule has 5 heterocycles. The standard InChI is InChI=1S/C36H45N2Si.2C4H4N.3C4H8O.Mg.Na/c1-25(2)31-21-15-22-32(26(3)4)35(31)37-39(29-17-11-9-12-18-29,30-19-13-10-14-20-30)38-36-33(27(5)6)23-16-24-34(36)28(7)8;5*1-2-4-5-3-1;;/h9-28,37H,1-8H3;2*1-4H;3*1-4H2;;/q3*-1;;;;+2;+1. The Morgan fingerprint density at radius 2 is 0.727 bits per heavy atom. The minimum atomic E-state index is -2.96. The van der Waals surface area contributed by atoms with Gasteiger partial charge in [0.05, 0.1) is 0 Å². The van der Waals surface area contributed by atoms with Gasteiger partial charge in [-0.2, -0.15) is 24.8 Å². The van der Waals surface area contributed by atoms with E-state index in [1.54, 1.807) is 24.8 Å². The number of nitrogens with zero attached hydrogens (tertiary/aromatic N) is 3. The minimum Gasteiger partial charge on any atom is -0.670 e. The summed E-state index contributed by atoms with van der Waals surface area (Å²) in [6, 6.07) is 43.0. The van der Waals surface area contributed by atoms with Crippen molar-refractivity contribution in [3.8, 4) is 0 Å². The van der Waals surface area contributed by atoms with Gasteiger partial charge in [-0.15, -0.1) is 5.69 Å². The number of rotatable bonds is 10. The molecule has 1 N–H and O–H groups in total. The van der Waals surface area contributed by atoms with E-state index < -0.39 is 8.40 Å². The van der Waals surface area contributed by atoms with Gasteiger partial charge in [0.15, 0.2) is 0 Å². The van der Waals surface area contributed by atoms with Crippen LogP contribution in [0, 0.1) is 0 Å². The summed E-state index contributed by atoms with van der Waals surface area (Å²) in [6.07, 6.45) is 14.7. The average molecular weight is 930 g/mol. The molecule has 0 atom stereocenters. The molecule has 0 amide bonds. The number of hydrogen-bond acceptors (Lipinski definition) is 4. The SMILES string of the molecule is C1CCOC1.C1CCOC1.C1CCOC1.CC(C)c1cccc(C(C)C)c1[N-][Si](Nc1c(C(C)C)cccc1C(C)C)(c1ccccc1)c1ccccc1.[Mg+2].[Na+].c1cc[n-]c1.c1cc[n-]c1. The maximum Gasteiger partial charge on any atom is 2.00 e. The molecular weight excluding hydrogens is 852 g/mol. The van der Waals surface area contributed by atoms with Crippen LogP contribution in [0.1, 0.15) is 140 Å². The number of hydrogen-bond donors (Lipinski definition) is 1. The fraction of sp³-hybridized carbons (Fsp3) is 0.429. The largest absolute Gasteiger partial charge is 2.00 e. The van der Waals surface area contributed by atoms with Crippen molar-refractivity contribution in [1.29, 1.82) is 0 Å². The van der Waals surface area contributed by atoms with Crippen LogP contribution in [-0.4, -0.2) is 71.1 Å². The predicted octanol–water partition coefficient (Wildman–Crippen LogP) is 9.86. The van der Waals surface area contributed by atoms with Gasteiger partial charge in [0.25, 0.3) is 0 Å². The van der Waals surface area contributed by atoms with E-state index in [1.807, 2.05) is 24.3 Å². The molecule has 3 fully saturated rings. The third kappa shape index (κ3) is 20.2. The summed E-state index contributed by atoms with van der Waals surface area (Å²) in [5.74, 6) is 1.52. The van der Waals surface area contributed by atoms with Gasteiger partial charge in [0.1, 0.15) is 8.40 Å². The van der Waals surface area contributed by atoms with Gasteiger partial charge in [-0.1, -0.05) is 188 Å². The quantitative estimate of drug-likeness (QED) is 0.138. The van der Waals surface area contributed by atoms with E-state index in [4.69, 9.17) is 19.2 Å². The zero-order chi connectivity index (χ0) is 45.8. The van der Waals surface area contributed by atoms with Gasteiger partial charge < -0.3 is 34.1 Å². The molecule has 10 heteroatoms. The summed E-state index contributed by atoms with van der Waals surface area (Å²) in [7, 11) is -2.96. The molecule has 2 aromatic heterocycles. The fourth-order valence-corrected chi connectivity index (χ4v) is 11.1. The molecule has 0 bridgehead atoms. The summed E-state index contributed by atoms with van der Waals surface area (Å²) < 4.78 is 14.8. The summed E-state index contributed by atoms with van der Waals surface area (Å²) in [5.41, 5.74) is 7.73. The smallest absolute Gasteiger partial charge is 0.670 e.